The van der Waals surface area contributed by atoms with Crippen LogP contribution in [0.3, 0.4) is 0 Å². The Labute approximate surface area is 92.2 Å². The third-order valence-electron chi connectivity index (χ3n) is 2.58. The van der Waals surface area contributed by atoms with Crippen LogP contribution in [-0.4, -0.2) is 44.1 Å². The fraction of sp³-hybridized carbons (Fsp3) is 0.727. The molecule has 1 unspecified atom stereocenters. The first-order valence-electron chi connectivity index (χ1n) is 5.44. The maximum Gasteiger partial charge on any atom is 0.188 e. The highest BCUT2D eigenvalue weighted by atomic mass is 15.1. The van der Waals surface area contributed by atoms with Gasteiger partial charge in [-0.15, -0.1) is 0 Å². The quantitative estimate of drug-likeness (QED) is 0.402. The van der Waals surface area contributed by atoms with Gasteiger partial charge in [0.2, 0.25) is 0 Å². The van der Waals surface area contributed by atoms with E-state index in [4.69, 9.17) is 5.73 Å². The number of hydrogen-bond donors (Lipinski definition) is 2. The minimum atomic E-state index is 0.535. The Balaban J connectivity index is 2.19. The molecule has 3 N–H and O–H groups in total. The van der Waals surface area contributed by atoms with Gasteiger partial charge in [0.05, 0.1) is 6.54 Å². The maximum absolute atomic E-state index is 5.72. The topological polar surface area (TPSA) is 53.6 Å². The molecule has 0 aliphatic carbocycles. The second kappa shape index (κ2) is 5.75. The van der Waals surface area contributed by atoms with Gasteiger partial charge >= 0.3 is 0 Å². The van der Waals surface area contributed by atoms with Crippen LogP contribution in [-0.2, 0) is 0 Å². The Morgan fingerprint density at radius 3 is 2.93 bits per heavy atom. The average Bonchev–Trinajstić information content (AvgIpc) is 2.58. The zero-order valence-corrected chi connectivity index (χ0v) is 9.79. The molecule has 1 saturated heterocycles. The largest absolute Gasteiger partial charge is 0.370 e. The number of likely N-dealkylation sites (tertiary alicyclic amines) is 1. The second-order valence-electron chi connectivity index (χ2n) is 4.46. The average molecular weight is 210 g/mol. The van der Waals surface area contributed by atoms with Crippen molar-refractivity contribution in [1.82, 2.24) is 10.2 Å². The number of rotatable bonds is 4. The van der Waals surface area contributed by atoms with E-state index in [1.807, 2.05) is 6.92 Å². The number of nitrogens with one attached hydrogen (secondary N) is 1. The van der Waals surface area contributed by atoms with Crippen LogP contribution in [0.15, 0.2) is 17.1 Å². The van der Waals surface area contributed by atoms with Crippen molar-refractivity contribution >= 4 is 5.96 Å². The molecule has 0 aromatic heterocycles. The molecule has 1 heterocycles. The monoisotopic (exact) mass is 210 g/mol. The summed E-state index contributed by atoms with van der Waals surface area (Å²) in [6.07, 6.45) is 1.25. The molecule has 1 atom stereocenters. The number of hydrogen-bond acceptors (Lipinski definition) is 2. The lowest BCUT2D eigenvalue weighted by Gasteiger charge is -2.11. The van der Waals surface area contributed by atoms with E-state index in [0.717, 1.165) is 18.7 Å². The standard InChI is InChI=1S/C11H22N4/c1-9(2)6-13-11(12)14-7-10-4-5-15(3)8-10/h10H,1,4-8H2,2-3H3,(H3,12,13,14). The van der Waals surface area contributed by atoms with E-state index in [1.165, 1.54) is 13.0 Å². The summed E-state index contributed by atoms with van der Waals surface area (Å²) in [6.45, 7) is 9.61. The first kappa shape index (κ1) is 12.0. The summed E-state index contributed by atoms with van der Waals surface area (Å²) in [7, 11) is 2.15. The highest BCUT2D eigenvalue weighted by Crippen LogP contribution is 2.12. The van der Waals surface area contributed by atoms with E-state index in [9.17, 15) is 0 Å². The molecule has 1 rings (SSSR count). The van der Waals surface area contributed by atoms with Crippen LogP contribution in [0, 0.1) is 5.92 Å². The lowest BCUT2D eigenvalue weighted by molar-refractivity contribution is 0.394. The van der Waals surface area contributed by atoms with E-state index < -0.39 is 0 Å². The number of nitrogens with zero attached hydrogens (tertiary/aromatic N) is 2. The zero-order chi connectivity index (χ0) is 11.3. The third kappa shape index (κ3) is 4.83. The van der Waals surface area contributed by atoms with Gasteiger partial charge in [0.1, 0.15) is 0 Å². The van der Waals surface area contributed by atoms with Gasteiger partial charge in [0, 0.05) is 13.1 Å². The molecule has 86 valence electrons. The van der Waals surface area contributed by atoms with E-state index in [0.29, 0.717) is 18.4 Å². The van der Waals surface area contributed by atoms with Crippen molar-refractivity contribution in [2.75, 3.05) is 33.2 Å². The molecule has 1 fully saturated rings. The molecule has 0 aromatic rings. The van der Waals surface area contributed by atoms with Crippen LogP contribution in [0.5, 0.6) is 0 Å². The molecule has 4 nitrogen and oxygen atoms in total. The first-order valence-corrected chi connectivity index (χ1v) is 5.44. The molecule has 0 amide bonds. The summed E-state index contributed by atoms with van der Waals surface area (Å²) >= 11 is 0. The molecular weight excluding hydrogens is 188 g/mol. The van der Waals surface area contributed by atoms with Crippen molar-refractivity contribution < 1.29 is 0 Å². The van der Waals surface area contributed by atoms with Gasteiger partial charge < -0.3 is 16.0 Å². The number of aliphatic imine (C=N–C) groups is 1. The highest BCUT2D eigenvalue weighted by Gasteiger charge is 2.18. The van der Waals surface area contributed by atoms with Gasteiger partial charge in [-0.3, -0.25) is 0 Å². The molecule has 0 radical (unpaired) electrons. The van der Waals surface area contributed by atoms with Gasteiger partial charge in [-0.25, -0.2) is 4.99 Å². The predicted octanol–water partition coefficient (Wildman–Crippen LogP) is 0.419. The van der Waals surface area contributed by atoms with Crippen molar-refractivity contribution in [2.45, 2.75) is 13.3 Å². The minimum Gasteiger partial charge on any atom is -0.370 e. The van der Waals surface area contributed by atoms with E-state index in [-0.39, 0.29) is 0 Å². The normalized spacial score (nSPS) is 23.1. The Kier molecular flexibility index (Phi) is 4.62. The summed E-state index contributed by atoms with van der Waals surface area (Å²) < 4.78 is 0. The molecule has 4 heteroatoms. The van der Waals surface area contributed by atoms with E-state index in [2.05, 4.69) is 28.8 Å². The third-order valence-corrected chi connectivity index (χ3v) is 2.58. The van der Waals surface area contributed by atoms with Crippen LogP contribution in [0.2, 0.25) is 0 Å². The Morgan fingerprint density at radius 1 is 1.67 bits per heavy atom. The lowest BCUT2D eigenvalue weighted by atomic mass is 10.1. The van der Waals surface area contributed by atoms with Gasteiger partial charge in [0.25, 0.3) is 0 Å². The fourth-order valence-corrected chi connectivity index (χ4v) is 1.72. The van der Waals surface area contributed by atoms with Crippen molar-refractivity contribution in [3.05, 3.63) is 12.2 Å². The Hall–Kier alpha value is -1.03. The van der Waals surface area contributed by atoms with Crippen LogP contribution in [0.1, 0.15) is 13.3 Å². The van der Waals surface area contributed by atoms with Crippen LogP contribution >= 0.6 is 0 Å². The maximum atomic E-state index is 5.72. The number of guanidine groups is 1. The summed E-state index contributed by atoms with van der Waals surface area (Å²) in [5.41, 5.74) is 6.75. The van der Waals surface area contributed by atoms with Gasteiger partial charge in [-0.05, 0) is 32.9 Å². The molecule has 0 spiro atoms. The van der Waals surface area contributed by atoms with Crippen molar-refractivity contribution in [3.8, 4) is 0 Å². The Morgan fingerprint density at radius 2 is 2.40 bits per heavy atom. The molecule has 0 aromatic carbocycles. The minimum absolute atomic E-state index is 0.535. The van der Waals surface area contributed by atoms with E-state index in [1.54, 1.807) is 0 Å². The molecule has 15 heavy (non-hydrogen) atoms. The number of nitrogens with two attached hydrogens (primary N) is 1. The Bertz CT molecular complexity index is 247. The molecular formula is C11H22N4. The molecule has 1 aliphatic heterocycles. The van der Waals surface area contributed by atoms with Crippen LogP contribution in [0.4, 0.5) is 0 Å². The molecule has 0 bridgehead atoms. The van der Waals surface area contributed by atoms with Crippen molar-refractivity contribution in [1.29, 1.82) is 0 Å². The van der Waals surface area contributed by atoms with Crippen molar-refractivity contribution in [2.24, 2.45) is 16.6 Å². The zero-order valence-electron chi connectivity index (χ0n) is 9.79. The smallest absolute Gasteiger partial charge is 0.188 e. The summed E-state index contributed by atoms with van der Waals surface area (Å²) in [6, 6.07) is 0. The second-order valence-corrected chi connectivity index (χ2v) is 4.46. The summed E-state index contributed by atoms with van der Waals surface area (Å²) in [5.74, 6) is 1.24. The SMILES string of the molecule is C=C(C)CN=C(N)NCC1CCN(C)C1. The molecule has 0 saturated carbocycles. The van der Waals surface area contributed by atoms with Gasteiger partial charge in [-0.2, -0.15) is 0 Å². The van der Waals surface area contributed by atoms with Gasteiger partial charge in [-0.1, -0.05) is 12.2 Å². The van der Waals surface area contributed by atoms with Crippen molar-refractivity contribution in [3.63, 3.8) is 0 Å². The lowest BCUT2D eigenvalue weighted by Crippen LogP contribution is -2.36. The molecule has 1 aliphatic rings. The highest BCUT2D eigenvalue weighted by molar-refractivity contribution is 5.77. The van der Waals surface area contributed by atoms with Gasteiger partial charge in [0.15, 0.2) is 5.96 Å². The summed E-state index contributed by atoms with van der Waals surface area (Å²) in [4.78, 5) is 6.51. The van der Waals surface area contributed by atoms with Crippen LogP contribution < -0.4 is 11.1 Å². The predicted molar refractivity (Wildman–Crippen MR) is 64.9 cm³/mol. The first-order chi connectivity index (χ1) is 7.08. The van der Waals surface area contributed by atoms with Crippen LogP contribution in [0.25, 0.3) is 0 Å². The fourth-order valence-electron chi connectivity index (χ4n) is 1.72. The van der Waals surface area contributed by atoms with E-state index >= 15 is 0 Å². The summed E-state index contributed by atoms with van der Waals surface area (Å²) in [5, 5.41) is 3.16.